The van der Waals surface area contributed by atoms with Crippen molar-refractivity contribution < 1.29 is 4.39 Å². The van der Waals surface area contributed by atoms with Gasteiger partial charge in [0.05, 0.1) is 11.5 Å². The number of allylic oxidation sites excluding steroid dienone is 1. The Morgan fingerprint density at radius 3 is 2.86 bits per heavy atom. The van der Waals surface area contributed by atoms with Crippen molar-refractivity contribution in [2.45, 2.75) is 18.8 Å². The highest BCUT2D eigenvalue weighted by Crippen LogP contribution is 2.27. The first kappa shape index (κ1) is 10.5. The molecule has 0 aliphatic heterocycles. The van der Waals surface area contributed by atoms with Crippen LogP contribution < -0.4 is 0 Å². The molecule has 1 aromatic carbocycles. The summed E-state index contributed by atoms with van der Waals surface area (Å²) in [4.78, 5) is 0. The third-order valence-electron chi connectivity index (χ3n) is 2.26. The van der Waals surface area contributed by atoms with Crippen molar-refractivity contribution >= 4 is 0 Å². The lowest BCUT2D eigenvalue weighted by molar-refractivity contribution is 0.593. The minimum atomic E-state index is -0.677. The van der Waals surface area contributed by atoms with E-state index in [0.29, 0.717) is 12.0 Å². The third kappa shape index (κ3) is 2.00. The number of nitriles is 1. The van der Waals surface area contributed by atoms with Crippen molar-refractivity contribution in [2.75, 3.05) is 0 Å². The number of hydrogen-bond donors (Lipinski definition) is 0. The minimum Gasteiger partial charge on any atom is -0.207 e. The van der Waals surface area contributed by atoms with Gasteiger partial charge in [-0.1, -0.05) is 18.2 Å². The summed E-state index contributed by atoms with van der Waals surface area (Å²) in [6.07, 6.45) is 2.20. The van der Waals surface area contributed by atoms with Gasteiger partial charge in [-0.2, -0.15) is 5.26 Å². The molecule has 0 aromatic heterocycles. The lowest BCUT2D eigenvalue weighted by Crippen LogP contribution is -2.18. The molecular weight excluding hydrogens is 177 g/mol. The molecule has 0 N–H and O–H groups in total. The first-order chi connectivity index (χ1) is 6.62. The lowest BCUT2D eigenvalue weighted by atomic mass is 9.81. The Bertz CT molecular complexity index is 378. The molecule has 0 fully saturated rings. The van der Waals surface area contributed by atoms with Gasteiger partial charge in [-0.3, -0.25) is 0 Å². The molecule has 14 heavy (non-hydrogen) atoms. The Morgan fingerprint density at radius 2 is 2.36 bits per heavy atom. The monoisotopic (exact) mass is 189 g/mol. The van der Waals surface area contributed by atoms with E-state index in [1.165, 1.54) is 12.1 Å². The van der Waals surface area contributed by atoms with E-state index >= 15 is 0 Å². The summed E-state index contributed by atoms with van der Waals surface area (Å²) in [6.45, 7) is 5.38. The van der Waals surface area contributed by atoms with E-state index in [-0.39, 0.29) is 5.82 Å². The average Bonchev–Trinajstić information content (AvgIpc) is 2.18. The van der Waals surface area contributed by atoms with Crippen LogP contribution in [0.15, 0.2) is 36.9 Å². The fourth-order valence-corrected chi connectivity index (χ4v) is 1.35. The quantitative estimate of drug-likeness (QED) is 0.670. The second-order valence-corrected chi connectivity index (χ2v) is 3.45. The molecule has 0 spiro atoms. The highest BCUT2D eigenvalue weighted by atomic mass is 19.1. The molecule has 0 bridgehead atoms. The number of hydrogen-bond acceptors (Lipinski definition) is 1. The number of benzene rings is 1. The van der Waals surface area contributed by atoms with E-state index in [1.54, 1.807) is 25.1 Å². The SMILES string of the molecule is C=CCC(C)(C#N)c1cccc(F)c1. The summed E-state index contributed by atoms with van der Waals surface area (Å²) in [5, 5.41) is 9.04. The first-order valence-corrected chi connectivity index (χ1v) is 4.40. The van der Waals surface area contributed by atoms with Crippen molar-refractivity contribution in [1.82, 2.24) is 0 Å². The van der Waals surface area contributed by atoms with Crippen LogP contribution in [0, 0.1) is 17.1 Å². The van der Waals surface area contributed by atoms with E-state index in [1.807, 2.05) is 0 Å². The highest BCUT2D eigenvalue weighted by molar-refractivity contribution is 5.32. The summed E-state index contributed by atoms with van der Waals surface area (Å²) < 4.78 is 12.9. The van der Waals surface area contributed by atoms with Crippen molar-refractivity contribution in [3.8, 4) is 6.07 Å². The molecule has 1 aromatic rings. The van der Waals surface area contributed by atoms with Crippen LogP contribution in [0.25, 0.3) is 0 Å². The maximum Gasteiger partial charge on any atom is 0.123 e. The van der Waals surface area contributed by atoms with Gasteiger partial charge in [-0.05, 0) is 31.0 Å². The van der Waals surface area contributed by atoms with E-state index in [2.05, 4.69) is 12.6 Å². The van der Waals surface area contributed by atoms with E-state index in [4.69, 9.17) is 5.26 Å². The van der Waals surface area contributed by atoms with Gasteiger partial charge in [-0.25, -0.2) is 4.39 Å². The normalized spacial score (nSPS) is 14.1. The molecular formula is C12H12FN. The Labute approximate surface area is 83.5 Å². The zero-order valence-corrected chi connectivity index (χ0v) is 8.13. The molecule has 1 unspecified atom stereocenters. The smallest absolute Gasteiger partial charge is 0.123 e. The summed E-state index contributed by atoms with van der Waals surface area (Å²) in [6, 6.07) is 8.32. The molecule has 2 heteroatoms. The van der Waals surface area contributed by atoms with Gasteiger partial charge >= 0.3 is 0 Å². The van der Waals surface area contributed by atoms with Gasteiger partial charge in [0.2, 0.25) is 0 Å². The fraction of sp³-hybridized carbons (Fsp3) is 0.250. The zero-order chi connectivity index (χ0) is 10.6. The van der Waals surface area contributed by atoms with Crippen molar-refractivity contribution in [3.05, 3.63) is 48.3 Å². The van der Waals surface area contributed by atoms with Gasteiger partial charge in [0.1, 0.15) is 5.82 Å². The van der Waals surface area contributed by atoms with Crippen LogP contribution in [0.4, 0.5) is 4.39 Å². The lowest BCUT2D eigenvalue weighted by Gasteiger charge is -2.19. The van der Waals surface area contributed by atoms with Crippen LogP contribution in [0.2, 0.25) is 0 Å². The molecule has 0 aliphatic rings. The molecule has 0 saturated carbocycles. The average molecular weight is 189 g/mol. The van der Waals surface area contributed by atoms with E-state index < -0.39 is 5.41 Å². The predicted octanol–water partition coefficient (Wildman–Crippen LogP) is 3.18. The third-order valence-corrected chi connectivity index (χ3v) is 2.26. The van der Waals surface area contributed by atoms with Crippen molar-refractivity contribution in [3.63, 3.8) is 0 Å². The van der Waals surface area contributed by atoms with Crippen LogP contribution in [0.3, 0.4) is 0 Å². The van der Waals surface area contributed by atoms with Gasteiger partial charge in [-0.15, -0.1) is 6.58 Å². The van der Waals surface area contributed by atoms with Crippen LogP contribution in [-0.2, 0) is 5.41 Å². The minimum absolute atomic E-state index is 0.312. The highest BCUT2D eigenvalue weighted by Gasteiger charge is 2.24. The molecule has 0 saturated heterocycles. The van der Waals surface area contributed by atoms with Crippen molar-refractivity contribution in [1.29, 1.82) is 5.26 Å². The molecule has 1 atom stereocenters. The second-order valence-electron chi connectivity index (χ2n) is 3.45. The topological polar surface area (TPSA) is 23.8 Å². The number of halogens is 1. The molecule has 0 heterocycles. The summed E-state index contributed by atoms with van der Waals surface area (Å²) in [5.74, 6) is -0.312. The molecule has 0 amide bonds. The van der Waals surface area contributed by atoms with Gasteiger partial charge in [0.25, 0.3) is 0 Å². The number of rotatable bonds is 3. The van der Waals surface area contributed by atoms with E-state index in [9.17, 15) is 4.39 Å². The fourth-order valence-electron chi connectivity index (χ4n) is 1.35. The van der Waals surface area contributed by atoms with Gasteiger partial charge in [0, 0.05) is 0 Å². The summed E-state index contributed by atoms with van der Waals surface area (Å²) in [5.41, 5.74) is 0.0176. The Kier molecular flexibility index (Phi) is 3.03. The standard InChI is InChI=1S/C12H12FN/c1-3-7-12(2,9-14)10-5-4-6-11(13)8-10/h3-6,8H,1,7H2,2H3. The largest absolute Gasteiger partial charge is 0.207 e. The molecule has 0 radical (unpaired) electrons. The summed E-state index contributed by atoms with van der Waals surface area (Å²) >= 11 is 0. The molecule has 72 valence electrons. The van der Waals surface area contributed by atoms with Gasteiger partial charge in [0.15, 0.2) is 0 Å². The molecule has 1 rings (SSSR count). The van der Waals surface area contributed by atoms with Crippen LogP contribution in [0.1, 0.15) is 18.9 Å². The van der Waals surface area contributed by atoms with Crippen LogP contribution in [0.5, 0.6) is 0 Å². The zero-order valence-electron chi connectivity index (χ0n) is 8.13. The first-order valence-electron chi connectivity index (χ1n) is 4.40. The maximum atomic E-state index is 12.9. The van der Waals surface area contributed by atoms with Crippen LogP contribution in [-0.4, -0.2) is 0 Å². The maximum absolute atomic E-state index is 12.9. The van der Waals surface area contributed by atoms with E-state index in [0.717, 1.165) is 0 Å². The Hall–Kier alpha value is -1.62. The van der Waals surface area contributed by atoms with Gasteiger partial charge < -0.3 is 0 Å². The Balaban J connectivity index is 3.13. The van der Waals surface area contributed by atoms with Crippen LogP contribution >= 0.6 is 0 Å². The molecule has 1 nitrogen and oxygen atoms in total. The molecule has 0 aliphatic carbocycles. The second kappa shape index (κ2) is 4.06. The predicted molar refractivity (Wildman–Crippen MR) is 54.2 cm³/mol. The number of nitrogens with zero attached hydrogens (tertiary/aromatic N) is 1. The Morgan fingerprint density at radius 1 is 1.64 bits per heavy atom. The summed E-state index contributed by atoms with van der Waals surface area (Å²) in [7, 11) is 0. The van der Waals surface area contributed by atoms with Crippen molar-refractivity contribution in [2.24, 2.45) is 0 Å².